The van der Waals surface area contributed by atoms with E-state index >= 15 is 0 Å². The second-order valence-electron chi connectivity index (χ2n) is 4.68. The van der Waals surface area contributed by atoms with Crippen LogP contribution in [0.1, 0.15) is 20.9 Å². The monoisotopic (exact) mass is 326 g/mol. The SMILES string of the molecule is O=C(Nc1nccs1)c1cccc2c1N=C(c1nccs1)C2. The summed E-state index contributed by atoms with van der Waals surface area (Å²) in [5.41, 5.74) is 3.28. The number of benzene rings is 1. The van der Waals surface area contributed by atoms with E-state index in [-0.39, 0.29) is 5.91 Å². The molecule has 1 aromatic carbocycles. The van der Waals surface area contributed by atoms with E-state index in [1.54, 1.807) is 29.8 Å². The minimum Gasteiger partial charge on any atom is -0.298 e. The third-order valence-corrected chi connectivity index (χ3v) is 4.81. The molecule has 1 aliphatic heterocycles. The molecule has 0 bridgehead atoms. The van der Waals surface area contributed by atoms with Gasteiger partial charge in [-0.2, -0.15) is 0 Å². The van der Waals surface area contributed by atoms with Crippen LogP contribution in [0.25, 0.3) is 0 Å². The Morgan fingerprint density at radius 2 is 2.00 bits per heavy atom. The number of carbonyl (C=O) groups is 1. The Kier molecular flexibility index (Phi) is 3.28. The molecular weight excluding hydrogens is 316 g/mol. The van der Waals surface area contributed by atoms with Gasteiger partial charge in [-0.15, -0.1) is 22.7 Å². The topological polar surface area (TPSA) is 67.2 Å². The second-order valence-corrected chi connectivity index (χ2v) is 6.47. The van der Waals surface area contributed by atoms with Crippen LogP contribution >= 0.6 is 22.7 Å². The number of nitrogens with zero attached hydrogens (tertiary/aromatic N) is 3. The Hall–Kier alpha value is -2.38. The van der Waals surface area contributed by atoms with Crippen molar-refractivity contribution in [2.45, 2.75) is 6.42 Å². The molecule has 2 aromatic heterocycles. The number of aromatic nitrogens is 2. The predicted molar refractivity (Wildman–Crippen MR) is 88.5 cm³/mol. The van der Waals surface area contributed by atoms with Gasteiger partial charge in [0.05, 0.1) is 17.0 Å². The average molecular weight is 326 g/mol. The van der Waals surface area contributed by atoms with Gasteiger partial charge in [0.2, 0.25) is 0 Å². The molecule has 0 spiro atoms. The number of carbonyl (C=O) groups excluding carboxylic acids is 1. The molecule has 0 radical (unpaired) electrons. The van der Waals surface area contributed by atoms with E-state index in [0.29, 0.717) is 17.1 Å². The third-order valence-electron chi connectivity index (χ3n) is 3.30. The van der Waals surface area contributed by atoms with Crippen LogP contribution in [-0.2, 0) is 6.42 Å². The van der Waals surface area contributed by atoms with E-state index in [2.05, 4.69) is 20.3 Å². The summed E-state index contributed by atoms with van der Waals surface area (Å²) in [5.74, 6) is -0.184. The van der Waals surface area contributed by atoms with Gasteiger partial charge in [-0.3, -0.25) is 10.1 Å². The van der Waals surface area contributed by atoms with Crippen molar-refractivity contribution in [3.63, 3.8) is 0 Å². The van der Waals surface area contributed by atoms with E-state index in [1.807, 2.05) is 22.9 Å². The largest absolute Gasteiger partial charge is 0.298 e. The molecule has 4 rings (SSSR count). The highest BCUT2D eigenvalue weighted by atomic mass is 32.1. The van der Waals surface area contributed by atoms with Crippen molar-refractivity contribution < 1.29 is 4.79 Å². The maximum absolute atomic E-state index is 12.4. The molecule has 3 heterocycles. The molecular formula is C15H10N4OS2. The highest BCUT2D eigenvalue weighted by Gasteiger charge is 2.23. The zero-order chi connectivity index (χ0) is 14.9. The molecule has 0 aliphatic carbocycles. The molecule has 0 atom stereocenters. The second kappa shape index (κ2) is 5.43. The van der Waals surface area contributed by atoms with Crippen LogP contribution in [0.4, 0.5) is 10.8 Å². The molecule has 1 N–H and O–H groups in total. The first-order valence-corrected chi connectivity index (χ1v) is 8.37. The van der Waals surface area contributed by atoms with E-state index in [1.165, 1.54) is 11.3 Å². The first kappa shape index (κ1) is 13.3. The van der Waals surface area contributed by atoms with Crippen molar-refractivity contribution in [1.29, 1.82) is 0 Å². The van der Waals surface area contributed by atoms with E-state index in [4.69, 9.17) is 0 Å². The summed E-state index contributed by atoms with van der Waals surface area (Å²) in [6, 6.07) is 5.67. The molecule has 108 valence electrons. The molecule has 1 amide bonds. The molecule has 22 heavy (non-hydrogen) atoms. The van der Waals surface area contributed by atoms with Crippen LogP contribution in [-0.4, -0.2) is 21.6 Å². The molecule has 0 saturated carbocycles. The summed E-state index contributed by atoms with van der Waals surface area (Å²) in [6.07, 6.45) is 4.14. The van der Waals surface area contributed by atoms with Gasteiger partial charge in [0.15, 0.2) is 5.13 Å². The number of aliphatic imine (C=N–C) groups is 1. The average Bonchev–Trinajstić information content (AvgIpc) is 3.26. The summed E-state index contributed by atoms with van der Waals surface area (Å²) in [7, 11) is 0. The summed E-state index contributed by atoms with van der Waals surface area (Å²) in [4.78, 5) is 25.4. The van der Waals surface area contributed by atoms with E-state index in [9.17, 15) is 4.79 Å². The van der Waals surface area contributed by atoms with E-state index < -0.39 is 0 Å². The standard InChI is InChI=1S/C15H10N4OS2/c20-13(19-15-17-5-7-22-15)10-3-1-2-9-8-11(18-12(9)10)14-16-4-6-21-14/h1-7H,8H2,(H,17,19,20). The fourth-order valence-electron chi connectivity index (χ4n) is 2.34. The van der Waals surface area contributed by atoms with Crippen LogP contribution in [0.2, 0.25) is 0 Å². The van der Waals surface area contributed by atoms with Crippen LogP contribution in [0, 0.1) is 0 Å². The number of rotatable bonds is 3. The highest BCUT2D eigenvalue weighted by Crippen LogP contribution is 2.33. The quantitative estimate of drug-likeness (QED) is 0.800. The normalized spacial score (nSPS) is 12.8. The van der Waals surface area contributed by atoms with E-state index in [0.717, 1.165) is 22.0 Å². The number of thiazole rings is 2. The van der Waals surface area contributed by atoms with Crippen molar-refractivity contribution in [3.05, 3.63) is 57.5 Å². The molecule has 0 saturated heterocycles. The smallest absolute Gasteiger partial charge is 0.259 e. The number of hydrogen-bond acceptors (Lipinski definition) is 6. The van der Waals surface area contributed by atoms with Crippen molar-refractivity contribution in [2.24, 2.45) is 4.99 Å². The van der Waals surface area contributed by atoms with Crippen LogP contribution in [0.3, 0.4) is 0 Å². The van der Waals surface area contributed by atoms with Gasteiger partial charge in [0.25, 0.3) is 5.91 Å². The molecule has 3 aromatic rings. The summed E-state index contributed by atoms with van der Waals surface area (Å²) >= 11 is 2.95. The maximum Gasteiger partial charge on any atom is 0.259 e. The zero-order valence-corrected chi connectivity index (χ0v) is 12.9. The van der Waals surface area contributed by atoms with Crippen molar-refractivity contribution >= 4 is 45.1 Å². The zero-order valence-electron chi connectivity index (χ0n) is 11.3. The van der Waals surface area contributed by atoms with Gasteiger partial charge in [0.1, 0.15) is 5.01 Å². The fourth-order valence-corrected chi connectivity index (χ4v) is 3.49. The minimum atomic E-state index is -0.184. The molecule has 0 fully saturated rings. The number of amides is 1. The van der Waals surface area contributed by atoms with Crippen LogP contribution in [0.15, 0.2) is 46.3 Å². The minimum absolute atomic E-state index is 0.184. The lowest BCUT2D eigenvalue weighted by Crippen LogP contribution is -2.11. The Labute approximate surface area is 134 Å². The lowest BCUT2D eigenvalue weighted by Gasteiger charge is -2.05. The van der Waals surface area contributed by atoms with Gasteiger partial charge in [-0.1, -0.05) is 12.1 Å². The first-order valence-electron chi connectivity index (χ1n) is 6.61. The predicted octanol–water partition coefficient (Wildman–Crippen LogP) is 3.53. The summed E-state index contributed by atoms with van der Waals surface area (Å²) < 4.78 is 0. The molecule has 5 nitrogen and oxygen atoms in total. The summed E-state index contributed by atoms with van der Waals surface area (Å²) in [6.45, 7) is 0. The Bertz CT molecular complexity index is 854. The highest BCUT2D eigenvalue weighted by molar-refractivity contribution is 7.13. The maximum atomic E-state index is 12.4. The molecule has 0 unspecified atom stereocenters. The van der Waals surface area contributed by atoms with Gasteiger partial charge in [-0.25, -0.2) is 15.0 Å². The Balaban J connectivity index is 1.68. The van der Waals surface area contributed by atoms with Crippen LogP contribution < -0.4 is 5.32 Å². The molecule has 1 aliphatic rings. The van der Waals surface area contributed by atoms with Crippen molar-refractivity contribution in [3.8, 4) is 0 Å². The van der Waals surface area contributed by atoms with Gasteiger partial charge >= 0.3 is 0 Å². The van der Waals surface area contributed by atoms with Gasteiger partial charge < -0.3 is 0 Å². The van der Waals surface area contributed by atoms with Gasteiger partial charge in [-0.05, 0) is 11.6 Å². The Morgan fingerprint density at radius 3 is 2.77 bits per heavy atom. The Morgan fingerprint density at radius 1 is 1.14 bits per heavy atom. The number of para-hydroxylation sites is 1. The third kappa shape index (κ3) is 2.34. The fraction of sp³-hybridized carbons (Fsp3) is 0.0667. The number of hydrogen-bond donors (Lipinski definition) is 1. The summed E-state index contributed by atoms with van der Waals surface area (Å²) in [5, 5.41) is 8.05. The van der Waals surface area contributed by atoms with Crippen LogP contribution in [0.5, 0.6) is 0 Å². The lowest BCUT2D eigenvalue weighted by molar-refractivity contribution is 0.102. The lowest BCUT2D eigenvalue weighted by atomic mass is 10.1. The number of fused-ring (bicyclic) bond motifs is 1. The van der Waals surface area contributed by atoms with Crippen molar-refractivity contribution in [2.75, 3.05) is 5.32 Å². The molecule has 7 heteroatoms. The first-order chi connectivity index (χ1) is 10.8. The number of nitrogens with one attached hydrogen (secondary N) is 1. The van der Waals surface area contributed by atoms with Gasteiger partial charge in [0, 0.05) is 29.6 Å². The van der Waals surface area contributed by atoms with Crippen molar-refractivity contribution in [1.82, 2.24) is 9.97 Å². The number of anilines is 1.